The SMILES string of the molecule is CNC(=O)CN1CCN(C(=O)Cc2ccccc2Cl)CC1. The lowest BCUT2D eigenvalue weighted by atomic mass is 10.1. The van der Waals surface area contributed by atoms with E-state index in [4.69, 9.17) is 11.6 Å². The van der Waals surface area contributed by atoms with Gasteiger partial charge in [-0.3, -0.25) is 14.5 Å². The molecule has 114 valence electrons. The van der Waals surface area contributed by atoms with Crippen LogP contribution in [0.2, 0.25) is 5.02 Å². The number of benzene rings is 1. The maximum absolute atomic E-state index is 12.3. The molecule has 0 aliphatic carbocycles. The van der Waals surface area contributed by atoms with Crippen LogP contribution in [-0.4, -0.2) is 61.4 Å². The summed E-state index contributed by atoms with van der Waals surface area (Å²) in [6.07, 6.45) is 0.328. The minimum absolute atomic E-state index is 0.00541. The Labute approximate surface area is 129 Å². The fraction of sp³-hybridized carbons (Fsp3) is 0.467. The van der Waals surface area contributed by atoms with Crippen molar-refractivity contribution >= 4 is 23.4 Å². The van der Waals surface area contributed by atoms with Crippen LogP contribution in [0.3, 0.4) is 0 Å². The Hall–Kier alpha value is -1.59. The van der Waals surface area contributed by atoms with Crippen LogP contribution < -0.4 is 5.32 Å². The molecule has 1 heterocycles. The fourth-order valence-corrected chi connectivity index (χ4v) is 2.56. The van der Waals surface area contributed by atoms with Crippen LogP contribution in [0.15, 0.2) is 24.3 Å². The summed E-state index contributed by atoms with van der Waals surface area (Å²) >= 11 is 6.08. The highest BCUT2D eigenvalue weighted by molar-refractivity contribution is 6.31. The van der Waals surface area contributed by atoms with Crippen LogP contribution in [0.4, 0.5) is 0 Å². The Morgan fingerprint density at radius 3 is 2.48 bits per heavy atom. The summed E-state index contributed by atoms with van der Waals surface area (Å²) in [6.45, 7) is 3.15. The summed E-state index contributed by atoms with van der Waals surface area (Å²) in [4.78, 5) is 27.5. The monoisotopic (exact) mass is 309 g/mol. The molecule has 1 aromatic rings. The summed E-state index contributed by atoms with van der Waals surface area (Å²) in [5, 5.41) is 3.24. The predicted molar refractivity (Wildman–Crippen MR) is 82.2 cm³/mol. The maximum atomic E-state index is 12.3. The third kappa shape index (κ3) is 4.44. The van der Waals surface area contributed by atoms with Crippen LogP contribution in [0.25, 0.3) is 0 Å². The summed E-state index contributed by atoms with van der Waals surface area (Å²) in [7, 11) is 1.63. The first kappa shape index (κ1) is 15.8. The van der Waals surface area contributed by atoms with Gasteiger partial charge in [-0.2, -0.15) is 0 Å². The van der Waals surface area contributed by atoms with Gasteiger partial charge in [0.2, 0.25) is 11.8 Å². The first-order valence-electron chi connectivity index (χ1n) is 7.04. The van der Waals surface area contributed by atoms with Crippen molar-refractivity contribution in [2.45, 2.75) is 6.42 Å². The molecule has 0 bridgehead atoms. The van der Waals surface area contributed by atoms with E-state index in [2.05, 4.69) is 10.2 Å². The summed E-state index contributed by atoms with van der Waals surface area (Å²) < 4.78 is 0. The van der Waals surface area contributed by atoms with Gasteiger partial charge in [-0.15, -0.1) is 0 Å². The van der Waals surface area contributed by atoms with E-state index in [0.717, 1.165) is 18.7 Å². The fourth-order valence-electron chi connectivity index (χ4n) is 2.35. The van der Waals surface area contributed by atoms with Crippen molar-refractivity contribution in [3.05, 3.63) is 34.9 Å². The smallest absolute Gasteiger partial charge is 0.233 e. The molecule has 5 nitrogen and oxygen atoms in total. The number of nitrogens with one attached hydrogen (secondary N) is 1. The molecule has 1 aromatic carbocycles. The molecule has 0 atom stereocenters. The predicted octanol–water partition coefficient (Wildman–Crippen LogP) is 0.773. The van der Waals surface area contributed by atoms with E-state index in [1.54, 1.807) is 13.1 Å². The van der Waals surface area contributed by atoms with Crippen molar-refractivity contribution in [2.24, 2.45) is 0 Å². The Balaban J connectivity index is 1.83. The number of piperazine rings is 1. The molecular formula is C15H20ClN3O2. The van der Waals surface area contributed by atoms with Gasteiger partial charge in [0, 0.05) is 38.2 Å². The average molecular weight is 310 g/mol. The topological polar surface area (TPSA) is 52.7 Å². The highest BCUT2D eigenvalue weighted by atomic mass is 35.5. The number of carbonyl (C=O) groups excluding carboxylic acids is 2. The average Bonchev–Trinajstić information content (AvgIpc) is 2.50. The van der Waals surface area contributed by atoms with Gasteiger partial charge in [-0.05, 0) is 11.6 Å². The van der Waals surface area contributed by atoms with E-state index in [9.17, 15) is 9.59 Å². The van der Waals surface area contributed by atoms with Gasteiger partial charge < -0.3 is 10.2 Å². The molecule has 0 spiro atoms. The quantitative estimate of drug-likeness (QED) is 0.894. The number of hydrogen-bond donors (Lipinski definition) is 1. The van der Waals surface area contributed by atoms with Gasteiger partial charge >= 0.3 is 0 Å². The zero-order valence-corrected chi connectivity index (χ0v) is 12.9. The molecule has 1 aliphatic rings. The van der Waals surface area contributed by atoms with E-state index in [-0.39, 0.29) is 11.8 Å². The van der Waals surface area contributed by atoms with Gasteiger partial charge in [-0.1, -0.05) is 29.8 Å². The van der Waals surface area contributed by atoms with E-state index in [1.165, 1.54) is 0 Å². The Morgan fingerprint density at radius 2 is 1.86 bits per heavy atom. The molecule has 0 aromatic heterocycles. The zero-order valence-electron chi connectivity index (χ0n) is 12.1. The van der Waals surface area contributed by atoms with Crippen LogP contribution in [0.1, 0.15) is 5.56 Å². The zero-order chi connectivity index (χ0) is 15.2. The summed E-state index contributed by atoms with van der Waals surface area (Å²) in [5.41, 5.74) is 0.858. The third-order valence-electron chi connectivity index (χ3n) is 3.67. The lowest BCUT2D eigenvalue weighted by Gasteiger charge is -2.34. The molecule has 1 N–H and O–H groups in total. The van der Waals surface area contributed by atoms with E-state index < -0.39 is 0 Å². The molecule has 2 amide bonds. The highest BCUT2D eigenvalue weighted by Crippen LogP contribution is 2.16. The number of carbonyl (C=O) groups is 2. The van der Waals surface area contributed by atoms with E-state index in [0.29, 0.717) is 31.1 Å². The third-order valence-corrected chi connectivity index (χ3v) is 4.04. The molecule has 6 heteroatoms. The number of rotatable bonds is 4. The lowest BCUT2D eigenvalue weighted by molar-refractivity contribution is -0.132. The van der Waals surface area contributed by atoms with Crippen molar-refractivity contribution in [1.29, 1.82) is 0 Å². The number of halogens is 1. The van der Waals surface area contributed by atoms with Crippen LogP contribution in [0.5, 0.6) is 0 Å². The minimum Gasteiger partial charge on any atom is -0.358 e. The van der Waals surface area contributed by atoms with Crippen LogP contribution in [0, 0.1) is 0 Å². The molecule has 0 saturated carbocycles. The van der Waals surface area contributed by atoms with Gasteiger partial charge in [0.05, 0.1) is 13.0 Å². The number of amides is 2. The van der Waals surface area contributed by atoms with Gasteiger partial charge in [0.1, 0.15) is 0 Å². The number of hydrogen-bond acceptors (Lipinski definition) is 3. The molecule has 0 radical (unpaired) electrons. The Kier molecular flexibility index (Phi) is 5.59. The highest BCUT2D eigenvalue weighted by Gasteiger charge is 2.22. The van der Waals surface area contributed by atoms with Gasteiger partial charge in [0.25, 0.3) is 0 Å². The van der Waals surface area contributed by atoms with E-state index in [1.807, 2.05) is 23.1 Å². The van der Waals surface area contributed by atoms with Crippen molar-refractivity contribution in [3.63, 3.8) is 0 Å². The van der Waals surface area contributed by atoms with Crippen LogP contribution in [-0.2, 0) is 16.0 Å². The number of nitrogens with zero attached hydrogens (tertiary/aromatic N) is 2. The molecular weight excluding hydrogens is 290 g/mol. The second kappa shape index (κ2) is 7.43. The largest absolute Gasteiger partial charge is 0.358 e. The molecule has 2 rings (SSSR count). The summed E-state index contributed by atoms with van der Waals surface area (Å²) in [5.74, 6) is 0.0912. The first-order valence-corrected chi connectivity index (χ1v) is 7.42. The van der Waals surface area contributed by atoms with E-state index >= 15 is 0 Å². The standard InChI is InChI=1S/C15H20ClN3O2/c1-17-14(20)11-18-6-8-19(9-7-18)15(21)10-12-4-2-3-5-13(12)16/h2-5H,6-11H2,1H3,(H,17,20). The van der Waals surface area contributed by atoms with Gasteiger partial charge in [0.15, 0.2) is 0 Å². The Morgan fingerprint density at radius 1 is 1.19 bits per heavy atom. The lowest BCUT2D eigenvalue weighted by Crippen LogP contribution is -2.51. The normalized spacial score (nSPS) is 15.8. The molecule has 0 unspecified atom stereocenters. The maximum Gasteiger partial charge on any atom is 0.233 e. The first-order chi connectivity index (χ1) is 10.1. The van der Waals surface area contributed by atoms with Crippen molar-refractivity contribution in [2.75, 3.05) is 39.8 Å². The second-order valence-corrected chi connectivity index (χ2v) is 5.51. The summed E-state index contributed by atoms with van der Waals surface area (Å²) in [6, 6.07) is 7.41. The van der Waals surface area contributed by atoms with Gasteiger partial charge in [-0.25, -0.2) is 0 Å². The van der Waals surface area contributed by atoms with Crippen molar-refractivity contribution < 1.29 is 9.59 Å². The molecule has 1 saturated heterocycles. The molecule has 21 heavy (non-hydrogen) atoms. The van der Waals surface area contributed by atoms with Crippen molar-refractivity contribution in [3.8, 4) is 0 Å². The number of likely N-dealkylation sites (N-methyl/N-ethyl adjacent to an activating group) is 1. The molecule has 1 fully saturated rings. The second-order valence-electron chi connectivity index (χ2n) is 5.10. The minimum atomic E-state index is 0.00541. The Bertz CT molecular complexity index is 513. The molecule has 1 aliphatic heterocycles. The van der Waals surface area contributed by atoms with Crippen molar-refractivity contribution in [1.82, 2.24) is 15.1 Å². The van der Waals surface area contributed by atoms with Crippen LogP contribution >= 0.6 is 11.6 Å².